The summed E-state index contributed by atoms with van der Waals surface area (Å²) in [6, 6.07) is 3.33. The Balaban J connectivity index is 0.00000144. The molecule has 0 radical (unpaired) electrons. The number of ether oxygens (including phenoxy) is 1. The lowest BCUT2D eigenvalue weighted by Gasteiger charge is -2.30. The van der Waals surface area contributed by atoms with Crippen molar-refractivity contribution in [1.82, 2.24) is 5.32 Å². The zero-order valence-corrected chi connectivity index (χ0v) is 10.2. The molecule has 1 saturated heterocycles. The Hall–Kier alpha value is -1.33. The SMILES string of the molecule is COc1cc(N2CCNCC2)c(F)cc1C.O. The highest BCUT2D eigenvalue weighted by molar-refractivity contribution is 5.55. The number of rotatable bonds is 2. The second kappa shape index (κ2) is 5.84. The fourth-order valence-electron chi connectivity index (χ4n) is 2.01. The summed E-state index contributed by atoms with van der Waals surface area (Å²) in [7, 11) is 1.61. The summed E-state index contributed by atoms with van der Waals surface area (Å²) in [4.78, 5) is 2.05. The average molecular weight is 242 g/mol. The van der Waals surface area contributed by atoms with E-state index >= 15 is 0 Å². The van der Waals surface area contributed by atoms with Crippen molar-refractivity contribution in [2.24, 2.45) is 0 Å². The minimum atomic E-state index is -0.166. The first-order valence-electron chi connectivity index (χ1n) is 5.52. The number of piperazine rings is 1. The van der Waals surface area contributed by atoms with Crippen LogP contribution in [0, 0.1) is 12.7 Å². The van der Waals surface area contributed by atoms with Crippen molar-refractivity contribution in [2.45, 2.75) is 6.92 Å². The van der Waals surface area contributed by atoms with E-state index in [-0.39, 0.29) is 11.3 Å². The van der Waals surface area contributed by atoms with Crippen LogP contribution in [0.25, 0.3) is 0 Å². The Morgan fingerprint density at radius 3 is 2.53 bits per heavy atom. The zero-order valence-electron chi connectivity index (χ0n) is 10.2. The topological polar surface area (TPSA) is 56.0 Å². The van der Waals surface area contributed by atoms with Gasteiger partial charge in [0.15, 0.2) is 0 Å². The highest BCUT2D eigenvalue weighted by atomic mass is 19.1. The molecule has 0 amide bonds. The largest absolute Gasteiger partial charge is 0.496 e. The second-order valence-electron chi connectivity index (χ2n) is 4.01. The van der Waals surface area contributed by atoms with E-state index < -0.39 is 0 Å². The summed E-state index contributed by atoms with van der Waals surface area (Å²) in [6.45, 7) is 5.32. The Kier molecular flexibility index (Phi) is 4.72. The molecule has 1 aliphatic heterocycles. The first-order valence-corrected chi connectivity index (χ1v) is 5.52. The van der Waals surface area contributed by atoms with Crippen molar-refractivity contribution in [2.75, 3.05) is 38.2 Å². The molecule has 1 aromatic carbocycles. The van der Waals surface area contributed by atoms with E-state index in [1.54, 1.807) is 13.2 Å². The maximum absolute atomic E-state index is 13.8. The molecule has 0 saturated carbocycles. The summed E-state index contributed by atoms with van der Waals surface area (Å²) in [6.07, 6.45) is 0. The molecule has 3 N–H and O–H groups in total. The number of nitrogens with one attached hydrogen (secondary N) is 1. The molecule has 4 nitrogen and oxygen atoms in total. The van der Waals surface area contributed by atoms with E-state index in [4.69, 9.17) is 4.74 Å². The number of halogens is 1. The van der Waals surface area contributed by atoms with E-state index in [9.17, 15) is 4.39 Å². The van der Waals surface area contributed by atoms with Gasteiger partial charge >= 0.3 is 0 Å². The lowest BCUT2D eigenvalue weighted by Crippen LogP contribution is -2.43. The molecule has 0 unspecified atom stereocenters. The van der Waals surface area contributed by atoms with Crippen LogP contribution in [0.2, 0.25) is 0 Å². The van der Waals surface area contributed by atoms with Crippen LogP contribution in [0.1, 0.15) is 5.56 Å². The Morgan fingerprint density at radius 2 is 1.94 bits per heavy atom. The number of aryl methyl sites for hydroxylation is 1. The van der Waals surface area contributed by atoms with Gasteiger partial charge in [-0.3, -0.25) is 0 Å². The Labute approximate surface area is 101 Å². The van der Waals surface area contributed by atoms with Crippen molar-refractivity contribution < 1.29 is 14.6 Å². The molecule has 0 spiro atoms. The molecule has 0 aromatic heterocycles. The normalized spacial score (nSPS) is 15.4. The van der Waals surface area contributed by atoms with Crippen LogP contribution in [-0.4, -0.2) is 38.8 Å². The summed E-state index contributed by atoms with van der Waals surface area (Å²) < 4.78 is 19.1. The van der Waals surface area contributed by atoms with Crippen LogP contribution in [0.4, 0.5) is 10.1 Å². The smallest absolute Gasteiger partial charge is 0.147 e. The van der Waals surface area contributed by atoms with Gasteiger partial charge in [0, 0.05) is 32.2 Å². The molecular weight excluding hydrogens is 223 g/mol. The third kappa shape index (κ3) is 2.87. The van der Waals surface area contributed by atoms with Crippen molar-refractivity contribution in [3.63, 3.8) is 0 Å². The molecule has 0 bridgehead atoms. The molecule has 1 aromatic rings. The molecule has 2 rings (SSSR count). The molecular formula is C12H19FN2O2. The van der Waals surface area contributed by atoms with Gasteiger partial charge in [0.1, 0.15) is 11.6 Å². The fraction of sp³-hybridized carbons (Fsp3) is 0.500. The average Bonchev–Trinajstić information content (AvgIpc) is 2.30. The van der Waals surface area contributed by atoms with Gasteiger partial charge in [-0.15, -0.1) is 0 Å². The lowest BCUT2D eigenvalue weighted by atomic mass is 10.1. The number of anilines is 1. The van der Waals surface area contributed by atoms with E-state index in [1.165, 1.54) is 6.07 Å². The summed E-state index contributed by atoms with van der Waals surface area (Å²) in [5, 5.41) is 3.25. The predicted octanol–water partition coefficient (Wildman–Crippen LogP) is 0.728. The number of methoxy groups -OCH3 is 1. The van der Waals surface area contributed by atoms with Crippen LogP contribution in [0.5, 0.6) is 5.75 Å². The van der Waals surface area contributed by atoms with Gasteiger partial charge < -0.3 is 20.4 Å². The van der Waals surface area contributed by atoms with E-state index in [0.717, 1.165) is 37.5 Å². The van der Waals surface area contributed by atoms with E-state index in [2.05, 4.69) is 5.32 Å². The minimum absolute atomic E-state index is 0. The molecule has 96 valence electrons. The molecule has 1 heterocycles. The summed E-state index contributed by atoms with van der Waals surface area (Å²) >= 11 is 0. The van der Waals surface area contributed by atoms with Gasteiger partial charge in [-0.05, 0) is 18.6 Å². The number of benzene rings is 1. The van der Waals surface area contributed by atoms with Crippen molar-refractivity contribution in [1.29, 1.82) is 0 Å². The molecule has 0 aliphatic carbocycles. The van der Waals surface area contributed by atoms with Gasteiger partial charge in [0.2, 0.25) is 0 Å². The van der Waals surface area contributed by atoms with Gasteiger partial charge in [0.05, 0.1) is 12.8 Å². The lowest BCUT2D eigenvalue weighted by molar-refractivity contribution is 0.410. The molecule has 17 heavy (non-hydrogen) atoms. The second-order valence-corrected chi connectivity index (χ2v) is 4.01. The number of hydrogen-bond acceptors (Lipinski definition) is 3. The van der Waals surface area contributed by atoms with Crippen molar-refractivity contribution >= 4 is 5.69 Å². The quantitative estimate of drug-likeness (QED) is 0.831. The number of nitrogens with zero attached hydrogens (tertiary/aromatic N) is 1. The predicted molar refractivity (Wildman–Crippen MR) is 66.4 cm³/mol. The molecule has 5 heteroatoms. The standard InChI is InChI=1S/C12H17FN2O.H2O/c1-9-7-10(13)11(8-12(9)16-2)15-5-3-14-4-6-15;/h7-8,14H,3-6H2,1-2H3;1H2. The summed E-state index contributed by atoms with van der Waals surface area (Å²) in [5.41, 5.74) is 1.47. The summed E-state index contributed by atoms with van der Waals surface area (Å²) in [5.74, 6) is 0.579. The van der Waals surface area contributed by atoms with Crippen LogP contribution in [-0.2, 0) is 0 Å². The Morgan fingerprint density at radius 1 is 1.29 bits per heavy atom. The van der Waals surface area contributed by atoms with E-state index in [1.807, 2.05) is 11.8 Å². The van der Waals surface area contributed by atoms with Crippen LogP contribution < -0.4 is 15.0 Å². The molecule has 1 fully saturated rings. The van der Waals surface area contributed by atoms with Gasteiger partial charge in [0.25, 0.3) is 0 Å². The Bertz CT molecular complexity index is 379. The molecule has 0 atom stereocenters. The first-order chi connectivity index (χ1) is 7.72. The number of hydrogen-bond donors (Lipinski definition) is 1. The third-order valence-corrected chi connectivity index (χ3v) is 2.92. The van der Waals surface area contributed by atoms with Crippen molar-refractivity contribution in [3.05, 3.63) is 23.5 Å². The van der Waals surface area contributed by atoms with Gasteiger partial charge in [-0.25, -0.2) is 4.39 Å². The monoisotopic (exact) mass is 242 g/mol. The third-order valence-electron chi connectivity index (χ3n) is 2.92. The highest BCUT2D eigenvalue weighted by Crippen LogP contribution is 2.28. The van der Waals surface area contributed by atoms with E-state index in [0.29, 0.717) is 5.69 Å². The van der Waals surface area contributed by atoms with Crippen LogP contribution >= 0.6 is 0 Å². The van der Waals surface area contributed by atoms with Crippen molar-refractivity contribution in [3.8, 4) is 5.75 Å². The maximum Gasteiger partial charge on any atom is 0.147 e. The zero-order chi connectivity index (χ0) is 11.5. The van der Waals surface area contributed by atoms with Crippen LogP contribution in [0.3, 0.4) is 0 Å². The van der Waals surface area contributed by atoms with Crippen LogP contribution in [0.15, 0.2) is 12.1 Å². The molecule has 1 aliphatic rings. The minimum Gasteiger partial charge on any atom is -0.496 e. The van der Waals surface area contributed by atoms with Gasteiger partial charge in [-0.2, -0.15) is 0 Å². The highest BCUT2D eigenvalue weighted by Gasteiger charge is 2.16. The first kappa shape index (κ1) is 13.7. The fourth-order valence-corrected chi connectivity index (χ4v) is 2.01. The van der Waals surface area contributed by atoms with Gasteiger partial charge in [-0.1, -0.05) is 0 Å². The maximum atomic E-state index is 13.8.